The Kier molecular flexibility index (Phi) is 3.75. The predicted octanol–water partition coefficient (Wildman–Crippen LogP) is 0.503. The zero-order valence-corrected chi connectivity index (χ0v) is 12.6. The molecule has 0 spiro atoms. The molecule has 0 aromatic heterocycles. The Labute approximate surface area is 111 Å². The van der Waals surface area contributed by atoms with Crippen LogP contribution in [0.5, 0.6) is 0 Å². The van der Waals surface area contributed by atoms with Crippen LogP contribution < -0.4 is 5.32 Å². The van der Waals surface area contributed by atoms with Gasteiger partial charge in [0.25, 0.3) is 10.2 Å². The van der Waals surface area contributed by atoms with Gasteiger partial charge in [-0.05, 0) is 32.2 Å². The van der Waals surface area contributed by atoms with Crippen molar-refractivity contribution in [3.63, 3.8) is 0 Å². The summed E-state index contributed by atoms with van der Waals surface area (Å²) >= 11 is 0. The predicted molar refractivity (Wildman–Crippen MR) is 72.5 cm³/mol. The molecular formula is C12H25N3O2S. The summed E-state index contributed by atoms with van der Waals surface area (Å²) in [4.78, 5) is 0. The minimum absolute atomic E-state index is 0.282. The third kappa shape index (κ3) is 1.99. The van der Waals surface area contributed by atoms with Crippen molar-refractivity contribution in [1.82, 2.24) is 13.9 Å². The van der Waals surface area contributed by atoms with Gasteiger partial charge in [0, 0.05) is 31.7 Å². The molecule has 1 N–H and O–H groups in total. The Hall–Kier alpha value is -0.170. The Morgan fingerprint density at radius 3 is 2.39 bits per heavy atom. The molecule has 2 aliphatic rings. The molecule has 5 nitrogen and oxygen atoms in total. The fraction of sp³-hybridized carbons (Fsp3) is 1.00. The van der Waals surface area contributed by atoms with Crippen molar-refractivity contribution in [3.8, 4) is 0 Å². The van der Waals surface area contributed by atoms with E-state index in [1.165, 1.54) is 0 Å². The highest BCUT2D eigenvalue weighted by Crippen LogP contribution is 2.42. The van der Waals surface area contributed by atoms with Crippen molar-refractivity contribution in [2.45, 2.75) is 33.2 Å². The van der Waals surface area contributed by atoms with Gasteiger partial charge in [0.2, 0.25) is 0 Å². The summed E-state index contributed by atoms with van der Waals surface area (Å²) in [6.45, 7) is 11.5. The van der Waals surface area contributed by atoms with E-state index >= 15 is 0 Å². The number of fused-ring (bicyclic) bond motifs is 1. The number of rotatable bonds is 4. The second-order valence-electron chi connectivity index (χ2n) is 5.80. The quantitative estimate of drug-likeness (QED) is 0.813. The van der Waals surface area contributed by atoms with Gasteiger partial charge < -0.3 is 5.32 Å². The zero-order chi connectivity index (χ0) is 13.6. The van der Waals surface area contributed by atoms with Gasteiger partial charge in [-0.3, -0.25) is 0 Å². The van der Waals surface area contributed by atoms with Crippen LogP contribution in [-0.4, -0.2) is 55.3 Å². The van der Waals surface area contributed by atoms with Gasteiger partial charge in [-0.25, -0.2) is 0 Å². The monoisotopic (exact) mass is 275 g/mol. The number of nitrogens with one attached hydrogen (secondary N) is 1. The molecule has 0 radical (unpaired) electrons. The third-order valence-electron chi connectivity index (χ3n) is 4.60. The maximum Gasteiger partial charge on any atom is 0.282 e. The van der Waals surface area contributed by atoms with Crippen LogP contribution in [0, 0.1) is 11.8 Å². The molecule has 0 aromatic rings. The Balaban J connectivity index is 2.29. The lowest BCUT2D eigenvalue weighted by molar-refractivity contribution is 0.218. The van der Waals surface area contributed by atoms with Crippen LogP contribution in [0.3, 0.4) is 0 Å². The zero-order valence-electron chi connectivity index (χ0n) is 11.8. The lowest BCUT2D eigenvalue weighted by atomic mass is 9.85. The highest BCUT2D eigenvalue weighted by atomic mass is 32.2. The summed E-state index contributed by atoms with van der Waals surface area (Å²) in [5.74, 6) is 0.896. The van der Waals surface area contributed by atoms with Crippen LogP contribution in [0.4, 0.5) is 0 Å². The largest absolute Gasteiger partial charge is 0.316 e. The van der Waals surface area contributed by atoms with Crippen LogP contribution in [0.15, 0.2) is 0 Å². The molecule has 2 fully saturated rings. The first-order valence-electron chi connectivity index (χ1n) is 6.84. The first-order valence-corrected chi connectivity index (χ1v) is 8.24. The molecular weight excluding hydrogens is 250 g/mol. The topological polar surface area (TPSA) is 52.7 Å². The summed E-state index contributed by atoms with van der Waals surface area (Å²) in [5, 5.41) is 3.37. The molecule has 2 rings (SSSR count). The Morgan fingerprint density at radius 1 is 1.28 bits per heavy atom. The number of nitrogens with zero attached hydrogens (tertiary/aromatic N) is 2. The Bertz CT molecular complexity index is 404. The number of hydrogen-bond donors (Lipinski definition) is 1. The van der Waals surface area contributed by atoms with Crippen LogP contribution >= 0.6 is 0 Å². The Morgan fingerprint density at radius 2 is 1.89 bits per heavy atom. The van der Waals surface area contributed by atoms with Crippen molar-refractivity contribution >= 4 is 10.2 Å². The highest BCUT2D eigenvalue weighted by Gasteiger charge is 2.54. The lowest BCUT2D eigenvalue weighted by Gasteiger charge is -2.37. The molecule has 18 heavy (non-hydrogen) atoms. The molecule has 0 amide bonds. The van der Waals surface area contributed by atoms with E-state index in [0.29, 0.717) is 31.5 Å². The SMILES string of the molecule is CCN(CC)S(=O)(=O)N1CC2CNCC2C1(C)C. The van der Waals surface area contributed by atoms with Gasteiger partial charge in [0.15, 0.2) is 0 Å². The minimum Gasteiger partial charge on any atom is -0.316 e. The second kappa shape index (κ2) is 4.74. The van der Waals surface area contributed by atoms with E-state index in [4.69, 9.17) is 0 Å². The maximum absolute atomic E-state index is 12.7. The van der Waals surface area contributed by atoms with Gasteiger partial charge in [-0.2, -0.15) is 17.0 Å². The third-order valence-corrected chi connectivity index (χ3v) is 6.95. The van der Waals surface area contributed by atoms with Crippen molar-refractivity contribution in [2.24, 2.45) is 11.8 Å². The maximum atomic E-state index is 12.7. The van der Waals surface area contributed by atoms with Crippen LogP contribution in [0.2, 0.25) is 0 Å². The van der Waals surface area contributed by atoms with Gasteiger partial charge in [-0.1, -0.05) is 13.8 Å². The molecule has 2 heterocycles. The smallest absolute Gasteiger partial charge is 0.282 e. The van der Waals surface area contributed by atoms with E-state index < -0.39 is 10.2 Å². The van der Waals surface area contributed by atoms with Crippen LogP contribution in [0.25, 0.3) is 0 Å². The van der Waals surface area contributed by atoms with E-state index in [1.54, 1.807) is 8.61 Å². The van der Waals surface area contributed by atoms with Crippen molar-refractivity contribution in [1.29, 1.82) is 0 Å². The molecule has 106 valence electrons. The average molecular weight is 275 g/mol. The van der Waals surface area contributed by atoms with Crippen molar-refractivity contribution < 1.29 is 8.42 Å². The molecule has 6 heteroatoms. The van der Waals surface area contributed by atoms with Gasteiger partial charge in [0.1, 0.15) is 0 Å². The number of hydrogen-bond acceptors (Lipinski definition) is 3. The van der Waals surface area contributed by atoms with Gasteiger partial charge >= 0.3 is 0 Å². The summed E-state index contributed by atoms with van der Waals surface area (Å²) in [5.41, 5.74) is -0.282. The molecule has 2 unspecified atom stereocenters. The molecule has 2 atom stereocenters. The fourth-order valence-electron chi connectivity index (χ4n) is 3.47. The lowest BCUT2D eigenvalue weighted by Crippen LogP contribution is -2.52. The molecule has 0 aromatic carbocycles. The summed E-state index contributed by atoms with van der Waals surface area (Å²) < 4.78 is 28.6. The fourth-order valence-corrected chi connectivity index (χ4v) is 5.51. The van der Waals surface area contributed by atoms with E-state index in [1.807, 2.05) is 13.8 Å². The molecule has 2 aliphatic heterocycles. The van der Waals surface area contributed by atoms with Gasteiger partial charge in [0.05, 0.1) is 0 Å². The summed E-state index contributed by atoms with van der Waals surface area (Å²) in [6.07, 6.45) is 0. The van der Waals surface area contributed by atoms with E-state index in [-0.39, 0.29) is 5.54 Å². The summed E-state index contributed by atoms with van der Waals surface area (Å²) in [7, 11) is -3.31. The summed E-state index contributed by atoms with van der Waals surface area (Å²) in [6, 6.07) is 0. The van der Waals surface area contributed by atoms with Gasteiger partial charge in [-0.15, -0.1) is 0 Å². The molecule has 2 saturated heterocycles. The van der Waals surface area contributed by atoms with E-state index in [9.17, 15) is 8.42 Å². The molecule has 0 bridgehead atoms. The van der Waals surface area contributed by atoms with E-state index in [2.05, 4.69) is 19.2 Å². The van der Waals surface area contributed by atoms with Crippen LogP contribution in [-0.2, 0) is 10.2 Å². The standard InChI is InChI=1S/C12H25N3O2S/c1-5-14(6-2)18(16,17)15-9-10-7-13-8-11(10)12(15,3)4/h10-11,13H,5-9H2,1-4H3. The van der Waals surface area contributed by atoms with E-state index in [0.717, 1.165) is 13.1 Å². The first kappa shape index (κ1) is 14.2. The van der Waals surface area contributed by atoms with Crippen molar-refractivity contribution in [3.05, 3.63) is 0 Å². The average Bonchev–Trinajstić information content (AvgIpc) is 2.82. The van der Waals surface area contributed by atoms with Crippen molar-refractivity contribution in [2.75, 3.05) is 32.7 Å². The normalized spacial score (nSPS) is 32.1. The van der Waals surface area contributed by atoms with Crippen LogP contribution in [0.1, 0.15) is 27.7 Å². The second-order valence-corrected chi connectivity index (χ2v) is 7.65. The molecule has 0 aliphatic carbocycles. The molecule has 0 saturated carbocycles. The highest BCUT2D eigenvalue weighted by molar-refractivity contribution is 7.86. The first-order chi connectivity index (χ1) is 8.35. The minimum atomic E-state index is -3.31.